The summed E-state index contributed by atoms with van der Waals surface area (Å²) >= 11 is 6.14. The topological polar surface area (TPSA) is 75.5 Å². The third-order valence-electron chi connectivity index (χ3n) is 5.09. The van der Waals surface area contributed by atoms with Gasteiger partial charge in [-0.2, -0.15) is 0 Å². The summed E-state index contributed by atoms with van der Waals surface area (Å²) in [5.41, 5.74) is 2.37. The highest BCUT2D eigenvalue weighted by Gasteiger charge is 2.24. The van der Waals surface area contributed by atoms with Gasteiger partial charge < -0.3 is 10.6 Å². The van der Waals surface area contributed by atoms with Crippen molar-refractivity contribution < 1.29 is 9.59 Å². The van der Waals surface area contributed by atoms with Crippen LogP contribution in [-0.2, 0) is 0 Å². The number of carbonyl (C=O) groups excluding carboxylic acids is 2. The van der Waals surface area contributed by atoms with E-state index in [0.717, 1.165) is 31.2 Å². The van der Waals surface area contributed by atoms with E-state index in [4.69, 9.17) is 11.6 Å². The average molecular weight is 397 g/mol. The molecule has 1 aromatic carbocycles. The van der Waals surface area contributed by atoms with Crippen molar-refractivity contribution >= 4 is 34.6 Å². The first-order valence-electron chi connectivity index (χ1n) is 9.38. The summed E-state index contributed by atoms with van der Waals surface area (Å²) in [7, 11) is 0. The second kappa shape index (κ2) is 7.64. The Morgan fingerprint density at radius 2 is 1.93 bits per heavy atom. The van der Waals surface area contributed by atoms with Gasteiger partial charge in [0.05, 0.1) is 5.52 Å². The van der Waals surface area contributed by atoms with Crippen LogP contribution in [0.25, 0.3) is 5.52 Å². The third kappa shape index (κ3) is 3.60. The maximum Gasteiger partial charge on any atom is 0.292 e. The summed E-state index contributed by atoms with van der Waals surface area (Å²) in [6, 6.07) is 10.9. The minimum absolute atomic E-state index is 0.156. The minimum Gasteiger partial charge on any atom is -0.348 e. The normalized spacial score (nSPS) is 14.4. The van der Waals surface area contributed by atoms with E-state index in [0.29, 0.717) is 16.2 Å². The van der Waals surface area contributed by atoms with Gasteiger partial charge in [-0.1, -0.05) is 36.6 Å². The molecule has 4 rings (SSSR count). The van der Waals surface area contributed by atoms with Crippen molar-refractivity contribution in [1.29, 1.82) is 0 Å². The Bertz CT molecular complexity index is 1050. The standard InChI is InChI=1S/C21H21ClN4O2/c1-13-9-10-15(12-16(13)22)24-21(28)19-25-18(17-8-4-5-11-26(17)19)20(27)23-14-6-2-3-7-14/h4-5,8-12,14H,2-3,6-7H2,1H3,(H,23,27)(H,24,28). The van der Waals surface area contributed by atoms with Crippen molar-refractivity contribution in [2.75, 3.05) is 5.32 Å². The number of fused-ring (bicyclic) bond motifs is 1. The highest BCUT2D eigenvalue weighted by Crippen LogP contribution is 2.22. The first-order chi connectivity index (χ1) is 13.5. The zero-order chi connectivity index (χ0) is 19.7. The van der Waals surface area contributed by atoms with Crippen molar-refractivity contribution in [3.8, 4) is 0 Å². The van der Waals surface area contributed by atoms with Crippen LogP contribution in [0.5, 0.6) is 0 Å². The Balaban J connectivity index is 1.64. The first-order valence-corrected chi connectivity index (χ1v) is 9.76. The van der Waals surface area contributed by atoms with Crippen molar-refractivity contribution in [3.63, 3.8) is 0 Å². The number of aromatic nitrogens is 2. The first kappa shape index (κ1) is 18.5. The van der Waals surface area contributed by atoms with E-state index in [1.165, 1.54) is 0 Å². The minimum atomic E-state index is -0.402. The molecule has 2 heterocycles. The molecule has 0 aliphatic heterocycles. The van der Waals surface area contributed by atoms with Gasteiger partial charge in [-0.15, -0.1) is 0 Å². The van der Waals surface area contributed by atoms with Gasteiger partial charge in [0, 0.05) is 22.9 Å². The lowest BCUT2D eigenvalue weighted by Gasteiger charge is -2.10. The van der Waals surface area contributed by atoms with E-state index >= 15 is 0 Å². The molecule has 0 bridgehead atoms. The van der Waals surface area contributed by atoms with E-state index in [1.54, 1.807) is 34.9 Å². The Labute approximate surface area is 167 Å². The average Bonchev–Trinajstić information content (AvgIpc) is 3.32. The van der Waals surface area contributed by atoms with Crippen LogP contribution in [0.2, 0.25) is 5.02 Å². The molecular formula is C21H21ClN4O2. The molecule has 6 nitrogen and oxygen atoms in total. The second-order valence-electron chi connectivity index (χ2n) is 7.11. The number of carbonyl (C=O) groups is 2. The zero-order valence-corrected chi connectivity index (χ0v) is 16.3. The van der Waals surface area contributed by atoms with Crippen LogP contribution in [-0.4, -0.2) is 27.2 Å². The monoisotopic (exact) mass is 396 g/mol. The Morgan fingerprint density at radius 3 is 2.68 bits per heavy atom. The highest BCUT2D eigenvalue weighted by atomic mass is 35.5. The quantitative estimate of drug-likeness (QED) is 0.693. The summed E-state index contributed by atoms with van der Waals surface area (Å²) in [5.74, 6) is -0.488. The van der Waals surface area contributed by atoms with Crippen molar-refractivity contribution in [2.24, 2.45) is 0 Å². The summed E-state index contributed by atoms with van der Waals surface area (Å²) in [4.78, 5) is 30.0. The van der Waals surface area contributed by atoms with Crippen LogP contribution in [0, 0.1) is 6.92 Å². The number of nitrogens with zero attached hydrogens (tertiary/aromatic N) is 2. The van der Waals surface area contributed by atoms with Crippen molar-refractivity contribution in [3.05, 3.63) is 64.7 Å². The molecule has 0 atom stereocenters. The number of nitrogens with one attached hydrogen (secondary N) is 2. The molecule has 1 aliphatic rings. The molecule has 0 spiro atoms. The van der Waals surface area contributed by atoms with Gasteiger partial charge in [0.15, 0.2) is 5.69 Å². The molecule has 0 saturated heterocycles. The fourth-order valence-electron chi connectivity index (χ4n) is 3.55. The highest BCUT2D eigenvalue weighted by molar-refractivity contribution is 6.31. The summed E-state index contributed by atoms with van der Waals surface area (Å²) in [6.07, 6.45) is 5.95. The van der Waals surface area contributed by atoms with Gasteiger partial charge >= 0.3 is 0 Å². The van der Waals surface area contributed by atoms with Gasteiger partial charge in [0.1, 0.15) is 0 Å². The lowest BCUT2D eigenvalue weighted by atomic mass is 10.2. The maximum absolute atomic E-state index is 12.8. The van der Waals surface area contributed by atoms with E-state index in [-0.39, 0.29) is 23.5 Å². The molecule has 3 aromatic rings. The number of aryl methyl sites for hydroxylation is 1. The van der Waals surface area contributed by atoms with Gasteiger partial charge in [0.2, 0.25) is 5.82 Å². The summed E-state index contributed by atoms with van der Waals surface area (Å²) in [5, 5.41) is 6.42. The fourth-order valence-corrected chi connectivity index (χ4v) is 3.73. The van der Waals surface area contributed by atoms with Crippen LogP contribution < -0.4 is 10.6 Å². The molecule has 2 N–H and O–H groups in total. The predicted octanol–water partition coefficient (Wildman–Crippen LogP) is 4.22. The third-order valence-corrected chi connectivity index (χ3v) is 5.49. The molecule has 0 radical (unpaired) electrons. The predicted molar refractivity (Wildman–Crippen MR) is 109 cm³/mol. The van der Waals surface area contributed by atoms with Crippen LogP contribution in [0.1, 0.15) is 52.4 Å². The second-order valence-corrected chi connectivity index (χ2v) is 7.52. The molecule has 1 fully saturated rings. The number of pyridine rings is 1. The number of rotatable bonds is 4. The summed E-state index contributed by atoms with van der Waals surface area (Å²) < 4.78 is 1.63. The van der Waals surface area contributed by atoms with Crippen LogP contribution in [0.3, 0.4) is 0 Å². The van der Waals surface area contributed by atoms with E-state index in [1.807, 2.05) is 19.1 Å². The molecule has 2 amide bonds. The van der Waals surface area contributed by atoms with Crippen molar-refractivity contribution in [1.82, 2.24) is 14.7 Å². The molecule has 0 unspecified atom stereocenters. The van der Waals surface area contributed by atoms with E-state index < -0.39 is 5.91 Å². The molecule has 1 saturated carbocycles. The van der Waals surface area contributed by atoms with Crippen LogP contribution in [0.4, 0.5) is 5.69 Å². The fraction of sp³-hybridized carbons (Fsp3) is 0.286. The van der Waals surface area contributed by atoms with Gasteiger partial charge in [-0.25, -0.2) is 4.98 Å². The molecule has 7 heteroatoms. The molecule has 144 valence electrons. The number of imidazole rings is 1. The van der Waals surface area contributed by atoms with Gasteiger partial charge in [-0.05, 0) is 49.6 Å². The lowest BCUT2D eigenvalue weighted by Crippen LogP contribution is -2.33. The van der Waals surface area contributed by atoms with Gasteiger partial charge in [0.25, 0.3) is 11.8 Å². The molecule has 2 aromatic heterocycles. The Hall–Kier alpha value is -2.86. The summed E-state index contributed by atoms with van der Waals surface area (Å²) in [6.45, 7) is 1.89. The lowest BCUT2D eigenvalue weighted by molar-refractivity contribution is 0.0935. The maximum atomic E-state index is 12.8. The number of amides is 2. The molecule has 28 heavy (non-hydrogen) atoms. The SMILES string of the molecule is Cc1ccc(NC(=O)c2nc(C(=O)NC3CCCC3)c3ccccn23)cc1Cl. The van der Waals surface area contributed by atoms with Crippen LogP contribution in [0.15, 0.2) is 42.6 Å². The number of anilines is 1. The number of benzene rings is 1. The number of hydrogen-bond donors (Lipinski definition) is 2. The number of hydrogen-bond acceptors (Lipinski definition) is 3. The zero-order valence-electron chi connectivity index (χ0n) is 15.5. The van der Waals surface area contributed by atoms with E-state index in [2.05, 4.69) is 15.6 Å². The van der Waals surface area contributed by atoms with Crippen molar-refractivity contribution in [2.45, 2.75) is 38.6 Å². The van der Waals surface area contributed by atoms with Gasteiger partial charge in [-0.3, -0.25) is 14.0 Å². The smallest absolute Gasteiger partial charge is 0.292 e. The number of halogens is 1. The molecular weight excluding hydrogens is 376 g/mol. The van der Waals surface area contributed by atoms with Crippen LogP contribution >= 0.6 is 11.6 Å². The van der Waals surface area contributed by atoms with E-state index in [9.17, 15) is 9.59 Å². The Morgan fingerprint density at radius 1 is 1.14 bits per heavy atom. The largest absolute Gasteiger partial charge is 0.348 e. The Kier molecular flexibility index (Phi) is 5.05. The molecule has 1 aliphatic carbocycles.